The molecule has 0 atom stereocenters. The van der Waals surface area contributed by atoms with Crippen molar-refractivity contribution in [2.24, 2.45) is 0 Å². The fraction of sp³-hybridized carbons (Fsp3) is 0.124. The zero-order valence-corrected chi connectivity index (χ0v) is 81.9. The summed E-state index contributed by atoms with van der Waals surface area (Å²) in [5, 5.41) is 37.8. The molecule has 14 rings (SSSR count). The number of methoxy groups -OCH3 is 2. The number of esters is 6. The summed E-state index contributed by atoms with van der Waals surface area (Å²) in [7, 11) is 6.18. The van der Waals surface area contributed by atoms with E-state index in [2.05, 4.69) is 106 Å². The Kier molecular flexibility index (Phi) is 42.3. The zero-order chi connectivity index (χ0) is 102. The van der Waals surface area contributed by atoms with Crippen LogP contribution in [-0.4, -0.2) is 91.2 Å². The summed E-state index contributed by atoms with van der Waals surface area (Å²) in [4.78, 5) is 86.8. The second kappa shape index (κ2) is 53.9. The average molecular weight is 2030 g/mol. The van der Waals surface area contributed by atoms with Crippen LogP contribution < -0.4 is 37.9 Å². The number of alkyl halides is 6. The molecule has 718 valence electrons. The van der Waals surface area contributed by atoms with Gasteiger partial charge in [0.1, 0.15) is 69.0 Å². The van der Waals surface area contributed by atoms with E-state index in [1.165, 1.54) is 116 Å². The Labute approximate surface area is 849 Å². The monoisotopic (exact) mass is 2030 g/mol. The van der Waals surface area contributed by atoms with Gasteiger partial charge in [0, 0.05) is 69.2 Å². The number of phenolic OH excluding ortho intramolecular Hbond substituents is 4. The third-order valence-corrected chi connectivity index (χ3v) is 20.0. The molecule has 0 saturated carbocycles. The van der Waals surface area contributed by atoms with E-state index in [1.807, 2.05) is 182 Å². The molecule has 0 saturated heterocycles. The van der Waals surface area contributed by atoms with E-state index in [0.717, 1.165) is 22.4 Å². The molecular weight excluding hydrogens is 1940 g/mol. The average Bonchev–Trinajstić information content (AvgIpc) is 0.785. The Morgan fingerprint density at radius 1 is 0.262 bits per heavy atom. The number of phenols is 4. The van der Waals surface area contributed by atoms with E-state index in [-0.39, 0.29) is 109 Å². The minimum Gasteiger partial charge on any atom is -0.562 e. The molecular formula is C113H92Cl6O21P-. The summed E-state index contributed by atoms with van der Waals surface area (Å²) in [5.41, 5.74) is 8.45. The Hall–Kier alpha value is -15.6. The van der Waals surface area contributed by atoms with Gasteiger partial charge in [-0.05, 0) is 310 Å². The summed E-state index contributed by atoms with van der Waals surface area (Å²) < 4.78 is 46.5. The SMILES string of the molecule is C.CC(C)(c1ccc(O)cc1)c1ccc(O)cc1.COc1ccc(C(C)(C)c2ccc(OC(C)=O)cc2)cc1.COc1ccc(OC(=O)c2cc(C#Cc3ccccc3)c(C(=O)Oc3ccc(OC(C)=O)cc3)cc2C#Cc2ccccc2)cc1.C[PH-].O=C(OC(Cl)(Cl)Cl)OC(Cl)(Cl)Cl.O=C(Oc1ccc(O)cc1)c1cc(C#Cc2ccccc2)c(C(=O)Oc2ccc(O)cc2)cc1C#Cc1ccccc1. The van der Waals surface area contributed by atoms with E-state index >= 15 is 0 Å². The van der Waals surface area contributed by atoms with Gasteiger partial charge in [0.2, 0.25) is 0 Å². The first-order chi connectivity index (χ1) is 66.8. The molecule has 14 aromatic carbocycles. The van der Waals surface area contributed by atoms with Gasteiger partial charge in [-0.1, -0.05) is 204 Å². The first kappa shape index (κ1) is 111. The number of carbonyl (C=O) groups is 7. The predicted octanol–water partition coefficient (Wildman–Crippen LogP) is 25.8. The maximum absolute atomic E-state index is 13.6. The molecule has 4 N–H and O–H groups in total. The summed E-state index contributed by atoms with van der Waals surface area (Å²) in [6.45, 7) is 13.1. The molecule has 0 spiro atoms. The van der Waals surface area contributed by atoms with E-state index in [0.29, 0.717) is 45.3 Å². The smallest absolute Gasteiger partial charge is 0.515 e. The van der Waals surface area contributed by atoms with Crippen LogP contribution in [0.4, 0.5) is 4.79 Å². The number of benzene rings is 14. The highest BCUT2D eigenvalue weighted by Crippen LogP contribution is 2.38. The minimum absolute atomic E-state index is 0. The molecule has 21 nitrogen and oxygen atoms in total. The number of ether oxygens (including phenoxy) is 10. The van der Waals surface area contributed by atoms with Crippen LogP contribution in [0.3, 0.4) is 0 Å². The third kappa shape index (κ3) is 36.3. The standard InChI is InChI=1S/C39H26O7.C36H22O6.C18H20O3.C15H16O2.C3Cl6O3.CH4P.CH4/c1-27(40)44-33-21-23-35(24-22-33)46-39(42)37-26-30(15-13-28-9-5-3-6-10-28)36(25-31(37)16-14-29-11-7-4-8-12-29)38(41)45-34-19-17-32(43-2)18-20-34;37-29-15-19-31(20-16-29)41-35(39)33-24-28(14-12-26-9-5-2-6-10-26)34(36(40)42-32-21-17-30(38)18-22-32)23-27(33)13-11-25-7-3-1-4-8-25;1-13(19)21-17-11-7-15(8-12-17)18(2,3)14-5-9-16(20-4)10-6-14;1-15(2,11-3-7-13(16)8-4-11)12-5-9-14(17)10-6-12;4-2(5,6)11-1(10)12-3(7,8)9;1-2;/h3-12,17-26H,1-2H3;1-10,15-24,37-38H;5-12H,1-4H3;3-10,16-17H,1-2H3;;2H,1H3;1H4/q;;;;;-1;. The van der Waals surface area contributed by atoms with Crippen LogP contribution >= 0.6 is 78.8 Å². The number of rotatable bonds is 16. The van der Waals surface area contributed by atoms with Crippen molar-refractivity contribution in [3.63, 3.8) is 0 Å². The lowest BCUT2D eigenvalue weighted by Gasteiger charge is -2.26. The second-order valence-electron chi connectivity index (χ2n) is 30.2. The van der Waals surface area contributed by atoms with Crippen LogP contribution in [0.5, 0.6) is 69.0 Å². The topological polar surface area (TPSA) is 293 Å². The van der Waals surface area contributed by atoms with Crippen molar-refractivity contribution in [2.75, 3.05) is 20.9 Å². The van der Waals surface area contributed by atoms with Gasteiger partial charge in [0.25, 0.3) is 0 Å². The molecule has 0 fully saturated rings. The highest BCUT2D eigenvalue weighted by Gasteiger charge is 2.33. The third-order valence-electron chi connectivity index (χ3n) is 19.5. The van der Waals surface area contributed by atoms with Crippen molar-refractivity contribution in [3.8, 4) is 116 Å². The summed E-state index contributed by atoms with van der Waals surface area (Å²) in [6.07, 6.45) is -1.41. The molecule has 0 aliphatic rings. The fourth-order valence-electron chi connectivity index (χ4n) is 12.4. The predicted molar refractivity (Wildman–Crippen MR) is 550 cm³/mol. The van der Waals surface area contributed by atoms with Crippen LogP contribution in [0, 0.1) is 47.4 Å². The molecule has 0 bridgehead atoms. The van der Waals surface area contributed by atoms with Gasteiger partial charge < -0.3 is 77.0 Å². The van der Waals surface area contributed by atoms with Crippen molar-refractivity contribution in [1.82, 2.24) is 0 Å². The lowest BCUT2D eigenvalue weighted by atomic mass is 9.78. The van der Waals surface area contributed by atoms with Gasteiger partial charge >= 0.3 is 49.9 Å². The molecule has 0 unspecified atom stereocenters. The molecule has 0 heterocycles. The van der Waals surface area contributed by atoms with Gasteiger partial charge in [0.05, 0.1) is 36.5 Å². The van der Waals surface area contributed by atoms with Crippen molar-refractivity contribution in [1.29, 1.82) is 0 Å². The van der Waals surface area contributed by atoms with Gasteiger partial charge in [0.15, 0.2) is 0 Å². The number of hydrogen-bond acceptors (Lipinski definition) is 21. The van der Waals surface area contributed by atoms with E-state index in [9.17, 15) is 54.0 Å². The Morgan fingerprint density at radius 3 is 0.645 bits per heavy atom. The highest BCUT2D eigenvalue weighted by atomic mass is 35.6. The second-order valence-corrected chi connectivity index (χ2v) is 34.5. The quantitative estimate of drug-likeness (QED) is 0.0230. The normalized spacial score (nSPS) is 10.3. The van der Waals surface area contributed by atoms with E-state index in [1.54, 1.807) is 69.4 Å². The fourth-order valence-corrected chi connectivity index (χ4v) is 12.8. The van der Waals surface area contributed by atoms with Gasteiger partial charge in [-0.25, -0.2) is 24.0 Å². The Balaban J connectivity index is 0.000000232. The van der Waals surface area contributed by atoms with Crippen molar-refractivity contribution in [2.45, 2.75) is 67.8 Å². The molecule has 14 aromatic rings. The lowest BCUT2D eigenvalue weighted by molar-refractivity contribution is -0.132. The molecule has 0 aliphatic heterocycles. The Morgan fingerprint density at radius 2 is 0.440 bits per heavy atom. The summed E-state index contributed by atoms with van der Waals surface area (Å²) >= 11 is 30.2. The molecule has 0 aromatic heterocycles. The van der Waals surface area contributed by atoms with Crippen LogP contribution in [0.25, 0.3) is 0 Å². The maximum atomic E-state index is 13.6. The van der Waals surface area contributed by atoms with Crippen LogP contribution in [-0.2, 0) is 29.9 Å². The van der Waals surface area contributed by atoms with E-state index < -0.39 is 44.0 Å². The number of aromatic hydroxyl groups is 4. The van der Waals surface area contributed by atoms with Crippen molar-refractivity contribution >= 4 is 121 Å². The largest absolute Gasteiger partial charge is 0.562 e. The van der Waals surface area contributed by atoms with Gasteiger partial charge in [-0.2, -0.15) is 6.66 Å². The molecule has 0 aliphatic carbocycles. The molecule has 28 heteroatoms. The van der Waals surface area contributed by atoms with Gasteiger partial charge in [-0.3, -0.25) is 9.59 Å². The number of hydrogen-bond donors (Lipinski definition) is 4. The molecule has 141 heavy (non-hydrogen) atoms. The van der Waals surface area contributed by atoms with Crippen LogP contribution in [0.1, 0.15) is 157 Å². The first-order valence-electron chi connectivity index (χ1n) is 42.0. The first-order valence-corrected chi connectivity index (χ1v) is 45.2. The Bertz CT molecular complexity index is 6640. The van der Waals surface area contributed by atoms with Crippen LogP contribution in [0.2, 0.25) is 0 Å². The lowest BCUT2D eigenvalue weighted by Crippen LogP contribution is -2.22. The van der Waals surface area contributed by atoms with Crippen LogP contribution in [0.15, 0.2) is 340 Å². The highest BCUT2D eigenvalue weighted by molar-refractivity contribution is 7.15. The molecule has 0 radical (unpaired) electrons. The number of carbonyl (C=O) groups excluding carboxylic acids is 7. The van der Waals surface area contributed by atoms with Crippen molar-refractivity contribution in [3.05, 3.63) is 429 Å². The van der Waals surface area contributed by atoms with Crippen molar-refractivity contribution < 1.29 is 101 Å². The number of halogens is 6. The molecule has 0 amide bonds. The summed E-state index contributed by atoms with van der Waals surface area (Å²) in [5.74, 6) is 24.4. The minimum atomic E-state index is -2.24. The van der Waals surface area contributed by atoms with E-state index in [4.69, 9.17) is 108 Å². The van der Waals surface area contributed by atoms with Gasteiger partial charge in [-0.15, -0.1) is 0 Å². The maximum Gasteiger partial charge on any atom is 0.515 e. The summed E-state index contributed by atoms with van der Waals surface area (Å²) in [6, 6.07) is 96.9. The zero-order valence-electron chi connectivity index (χ0n) is 76.3.